The predicted octanol–water partition coefficient (Wildman–Crippen LogP) is 2.81. The maximum Gasteiger partial charge on any atom is 0.140 e. The molecular weight excluding hydrogens is 226 g/mol. The maximum atomic E-state index is 10.5. The van der Waals surface area contributed by atoms with Gasteiger partial charge >= 0.3 is 0 Å². The zero-order valence-electron chi connectivity index (χ0n) is 10.7. The molecule has 0 amide bonds. The van der Waals surface area contributed by atoms with Crippen molar-refractivity contribution >= 4 is 10.8 Å². The number of aliphatic hydroxyl groups excluding tert-OH is 1. The van der Waals surface area contributed by atoms with Crippen molar-refractivity contribution < 1.29 is 9.52 Å². The van der Waals surface area contributed by atoms with Crippen molar-refractivity contribution in [1.29, 1.82) is 0 Å². The Hall–Kier alpha value is -1.32. The number of aliphatic hydroxyl groups is 1. The van der Waals surface area contributed by atoms with E-state index in [2.05, 4.69) is 11.9 Å². The van der Waals surface area contributed by atoms with Gasteiger partial charge in [0.1, 0.15) is 11.9 Å². The third-order valence-corrected chi connectivity index (χ3v) is 4.02. The van der Waals surface area contributed by atoms with Crippen LogP contribution in [0.3, 0.4) is 0 Å². The fraction of sp³-hybridized carbons (Fsp3) is 0.467. The molecule has 0 spiro atoms. The summed E-state index contributed by atoms with van der Waals surface area (Å²) < 4.78 is 5.59. The molecule has 1 N–H and O–H groups in total. The van der Waals surface area contributed by atoms with Gasteiger partial charge in [-0.3, -0.25) is 0 Å². The Bertz CT molecular complexity index is 526. The van der Waals surface area contributed by atoms with Gasteiger partial charge in [-0.1, -0.05) is 24.3 Å². The van der Waals surface area contributed by atoms with Crippen LogP contribution in [0.15, 0.2) is 34.9 Å². The second-order valence-corrected chi connectivity index (χ2v) is 5.27. The molecule has 1 aliphatic rings. The number of piperidine rings is 1. The zero-order valence-corrected chi connectivity index (χ0v) is 10.7. The van der Waals surface area contributed by atoms with Crippen molar-refractivity contribution in [2.75, 3.05) is 20.1 Å². The molecule has 96 valence electrons. The van der Waals surface area contributed by atoms with Crippen LogP contribution in [0.25, 0.3) is 10.8 Å². The summed E-state index contributed by atoms with van der Waals surface area (Å²) in [4.78, 5) is 2.31. The normalized spacial score (nSPS) is 20.3. The van der Waals surface area contributed by atoms with Crippen LogP contribution in [0.1, 0.15) is 24.7 Å². The van der Waals surface area contributed by atoms with Crippen molar-refractivity contribution in [3.8, 4) is 0 Å². The number of rotatable bonds is 2. The number of hydrogen-bond donors (Lipinski definition) is 1. The van der Waals surface area contributed by atoms with Crippen LogP contribution in [0.5, 0.6) is 0 Å². The van der Waals surface area contributed by atoms with Crippen molar-refractivity contribution in [1.82, 2.24) is 4.90 Å². The van der Waals surface area contributed by atoms with E-state index < -0.39 is 6.10 Å². The molecule has 1 aromatic carbocycles. The van der Waals surface area contributed by atoms with Gasteiger partial charge in [-0.25, -0.2) is 0 Å². The highest BCUT2D eigenvalue weighted by molar-refractivity contribution is 5.84. The number of likely N-dealkylation sites (tertiary alicyclic amines) is 1. The molecule has 1 atom stereocenters. The smallest absolute Gasteiger partial charge is 0.140 e. The van der Waals surface area contributed by atoms with Gasteiger partial charge in [-0.05, 0) is 38.9 Å². The lowest BCUT2D eigenvalue weighted by Crippen LogP contribution is -2.32. The van der Waals surface area contributed by atoms with Crippen LogP contribution in [0, 0.1) is 5.92 Å². The summed E-state index contributed by atoms with van der Waals surface area (Å²) in [7, 11) is 2.13. The van der Waals surface area contributed by atoms with Crippen LogP contribution < -0.4 is 0 Å². The molecule has 3 rings (SSSR count). The SMILES string of the molecule is CN1CCC(C(O)c2occ3ccccc23)CC1. The van der Waals surface area contributed by atoms with Gasteiger partial charge in [0.25, 0.3) is 0 Å². The quantitative estimate of drug-likeness (QED) is 0.884. The minimum atomic E-state index is -0.474. The molecule has 0 aliphatic carbocycles. The maximum absolute atomic E-state index is 10.5. The van der Waals surface area contributed by atoms with Gasteiger partial charge in [0.05, 0.1) is 6.26 Å². The molecule has 1 fully saturated rings. The Labute approximate surface area is 107 Å². The first kappa shape index (κ1) is 11.8. The highest BCUT2D eigenvalue weighted by Crippen LogP contribution is 2.35. The van der Waals surface area contributed by atoms with E-state index in [0.717, 1.165) is 42.5 Å². The molecule has 3 heteroatoms. The minimum absolute atomic E-state index is 0.316. The molecule has 2 aromatic rings. The summed E-state index contributed by atoms with van der Waals surface area (Å²) in [5.41, 5.74) is 0. The predicted molar refractivity (Wildman–Crippen MR) is 71.4 cm³/mol. The highest BCUT2D eigenvalue weighted by atomic mass is 16.4. The van der Waals surface area contributed by atoms with Gasteiger partial charge < -0.3 is 14.4 Å². The summed E-state index contributed by atoms with van der Waals surface area (Å²) >= 11 is 0. The number of benzene rings is 1. The first-order valence-electron chi connectivity index (χ1n) is 6.58. The van der Waals surface area contributed by atoms with Crippen LogP contribution in [0.4, 0.5) is 0 Å². The van der Waals surface area contributed by atoms with Crippen LogP contribution in [-0.4, -0.2) is 30.1 Å². The zero-order chi connectivity index (χ0) is 12.5. The van der Waals surface area contributed by atoms with Crippen LogP contribution in [-0.2, 0) is 0 Å². The number of furan rings is 1. The summed E-state index contributed by atoms with van der Waals surface area (Å²) in [5, 5.41) is 12.6. The molecule has 1 unspecified atom stereocenters. The van der Waals surface area contributed by atoms with E-state index >= 15 is 0 Å². The van der Waals surface area contributed by atoms with E-state index in [9.17, 15) is 5.11 Å². The molecule has 0 saturated carbocycles. The molecule has 0 bridgehead atoms. The molecule has 2 heterocycles. The summed E-state index contributed by atoms with van der Waals surface area (Å²) in [6.45, 7) is 2.11. The van der Waals surface area contributed by atoms with Gasteiger partial charge in [-0.15, -0.1) is 0 Å². The summed E-state index contributed by atoms with van der Waals surface area (Å²) in [5.74, 6) is 1.05. The van der Waals surface area contributed by atoms with E-state index in [-0.39, 0.29) is 0 Å². The lowest BCUT2D eigenvalue weighted by molar-refractivity contribution is 0.0508. The van der Waals surface area contributed by atoms with Crippen LogP contribution in [0.2, 0.25) is 0 Å². The monoisotopic (exact) mass is 245 g/mol. The second kappa shape index (κ2) is 4.75. The molecule has 1 saturated heterocycles. The lowest BCUT2D eigenvalue weighted by atomic mass is 9.89. The largest absolute Gasteiger partial charge is 0.465 e. The average Bonchev–Trinajstić information content (AvgIpc) is 2.82. The summed E-state index contributed by atoms with van der Waals surface area (Å²) in [6, 6.07) is 8.02. The number of fused-ring (bicyclic) bond motifs is 1. The van der Waals surface area contributed by atoms with Crippen molar-refractivity contribution in [2.45, 2.75) is 18.9 Å². The molecule has 18 heavy (non-hydrogen) atoms. The van der Waals surface area contributed by atoms with Gasteiger partial charge in [0, 0.05) is 10.8 Å². The van der Waals surface area contributed by atoms with Crippen molar-refractivity contribution in [2.24, 2.45) is 5.92 Å². The Morgan fingerprint density at radius 3 is 2.78 bits per heavy atom. The average molecular weight is 245 g/mol. The van der Waals surface area contributed by atoms with E-state index in [1.165, 1.54) is 0 Å². The fourth-order valence-corrected chi connectivity index (χ4v) is 2.80. The minimum Gasteiger partial charge on any atom is -0.465 e. The van der Waals surface area contributed by atoms with Gasteiger partial charge in [0.2, 0.25) is 0 Å². The van der Waals surface area contributed by atoms with Crippen molar-refractivity contribution in [3.63, 3.8) is 0 Å². The molecule has 0 radical (unpaired) electrons. The third-order valence-electron chi connectivity index (χ3n) is 4.02. The highest BCUT2D eigenvalue weighted by Gasteiger charge is 2.28. The Kier molecular flexibility index (Phi) is 3.10. The fourth-order valence-electron chi connectivity index (χ4n) is 2.80. The van der Waals surface area contributed by atoms with Gasteiger partial charge in [-0.2, -0.15) is 0 Å². The lowest BCUT2D eigenvalue weighted by Gasteiger charge is -2.31. The topological polar surface area (TPSA) is 36.6 Å². The standard InChI is InChI=1S/C15H19NO2/c1-16-8-6-11(7-9-16)14(17)15-13-5-3-2-4-12(13)10-18-15/h2-5,10-11,14,17H,6-9H2,1H3. The third kappa shape index (κ3) is 2.04. The number of nitrogens with zero attached hydrogens (tertiary/aromatic N) is 1. The van der Waals surface area contributed by atoms with E-state index in [4.69, 9.17) is 4.42 Å². The van der Waals surface area contributed by atoms with E-state index in [1.54, 1.807) is 6.26 Å². The van der Waals surface area contributed by atoms with Crippen molar-refractivity contribution in [3.05, 3.63) is 36.3 Å². The Morgan fingerprint density at radius 1 is 1.28 bits per heavy atom. The molecule has 3 nitrogen and oxygen atoms in total. The first-order valence-corrected chi connectivity index (χ1v) is 6.58. The van der Waals surface area contributed by atoms with E-state index in [1.807, 2.05) is 24.3 Å². The summed E-state index contributed by atoms with van der Waals surface area (Å²) in [6.07, 6.45) is 3.33. The second-order valence-electron chi connectivity index (χ2n) is 5.27. The van der Waals surface area contributed by atoms with Gasteiger partial charge in [0.15, 0.2) is 0 Å². The molecule has 1 aliphatic heterocycles. The van der Waals surface area contributed by atoms with Crippen LogP contribution >= 0.6 is 0 Å². The molecule has 1 aromatic heterocycles. The Morgan fingerprint density at radius 2 is 2.00 bits per heavy atom. The first-order chi connectivity index (χ1) is 8.75. The Balaban J connectivity index is 1.85. The number of hydrogen-bond acceptors (Lipinski definition) is 3. The van der Waals surface area contributed by atoms with E-state index in [0.29, 0.717) is 5.92 Å². The molecular formula is C15H19NO2.